The van der Waals surface area contributed by atoms with Crippen molar-refractivity contribution in [2.24, 2.45) is 0 Å². The highest BCUT2D eigenvalue weighted by Gasteiger charge is 2.14. The average molecular weight is 810 g/mol. The minimum Gasteiger partial charge on any atom is -0.323 e. The van der Waals surface area contributed by atoms with Gasteiger partial charge in [-0.25, -0.2) is 9.97 Å². The Morgan fingerprint density at radius 3 is 1.69 bits per heavy atom. The molecular weight excluding hydrogens is 755 g/mol. The molecule has 5 heteroatoms. The second-order valence-electron chi connectivity index (χ2n) is 13.1. The third-order valence-electron chi connectivity index (χ3n) is 9.14. The van der Waals surface area contributed by atoms with Gasteiger partial charge in [0.1, 0.15) is 0 Å². The van der Waals surface area contributed by atoms with Crippen LogP contribution in [-0.4, -0.2) is 24.1 Å². The van der Waals surface area contributed by atoms with Crippen molar-refractivity contribution >= 4 is 65.1 Å². The minimum absolute atomic E-state index is 0.709. The number of nitrogens with zero attached hydrogens (tertiary/aromatic N) is 2. The van der Waals surface area contributed by atoms with E-state index in [4.69, 9.17) is 9.97 Å². The molecule has 59 heavy (non-hydrogen) atoms. The number of aromatic nitrogens is 2. The van der Waals surface area contributed by atoms with Gasteiger partial charge in [0.25, 0.3) is 0 Å². The van der Waals surface area contributed by atoms with Gasteiger partial charge in [-0.2, -0.15) is 0 Å². The lowest BCUT2D eigenvalue weighted by molar-refractivity contribution is 1.02. The Morgan fingerprint density at radius 2 is 1.03 bits per heavy atom. The highest BCUT2D eigenvalue weighted by Crippen LogP contribution is 2.38. The van der Waals surface area contributed by atoms with Gasteiger partial charge >= 0.3 is 0 Å². The van der Waals surface area contributed by atoms with E-state index in [-0.39, 0.29) is 0 Å². The first-order chi connectivity index (χ1) is 29.0. The maximum Gasteiger partial charge on any atom is 0.159 e. The predicted octanol–water partition coefficient (Wildman–Crippen LogP) is 16.3. The SMILES string of the molecule is C=CC.CC.CC.CNC.Cc1sc2ccccc2c1/C=C\c1cnc(-c2cccc(-c3cccc(-c4ccccc4)c3)c2)nc1-c1ccc2sc3ccccc3c2c1. The molecule has 0 saturated carbocycles. The summed E-state index contributed by atoms with van der Waals surface area (Å²) in [6, 6.07) is 51.8. The first-order valence-electron chi connectivity index (χ1n) is 20.4. The highest BCUT2D eigenvalue weighted by molar-refractivity contribution is 7.25. The highest BCUT2D eigenvalue weighted by atomic mass is 32.1. The fraction of sp³-hybridized carbons (Fsp3) is 0.148. The van der Waals surface area contributed by atoms with Crippen molar-refractivity contribution in [3.8, 4) is 44.9 Å². The maximum absolute atomic E-state index is 5.31. The summed E-state index contributed by atoms with van der Waals surface area (Å²) >= 11 is 3.67. The Labute approximate surface area is 359 Å². The number of fused-ring (bicyclic) bond motifs is 4. The predicted molar refractivity (Wildman–Crippen MR) is 266 cm³/mol. The first-order valence-corrected chi connectivity index (χ1v) is 22.0. The summed E-state index contributed by atoms with van der Waals surface area (Å²) in [5.74, 6) is 0.709. The zero-order valence-corrected chi connectivity index (χ0v) is 37.2. The van der Waals surface area contributed by atoms with Gasteiger partial charge in [0.2, 0.25) is 0 Å². The van der Waals surface area contributed by atoms with Gasteiger partial charge < -0.3 is 5.32 Å². The smallest absolute Gasteiger partial charge is 0.159 e. The normalized spacial score (nSPS) is 10.4. The molecule has 0 aliphatic carbocycles. The van der Waals surface area contributed by atoms with E-state index >= 15 is 0 Å². The molecule has 0 spiro atoms. The molecule has 3 heterocycles. The molecule has 9 aromatic rings. The van der Waals surface area contributed by atoms with Crippen molar-refractivity contribution in [3.05, 3.63) is 180 Å². The van der Waals surface area contributed by atoms with Gasteiger partial charge in [-0.3, -0.25) is 0 Å². The Morgan fingerprint density at radius 1 is 0.525 bits per heavy atom. The largest absolute Gasteiger partial charge is 0.323 e. The fourth-order valence-electron chi connectivity index (χ4n) is 6.67. The Kier molecular flexibility index (Phi) is 16.6. The van der Waals surface area contributed by atoms with Crippen molar-refractivity contribution in [1.82, 2.24) is 15.3 Å². The molecule has 0 fully saturated rings. The van der Waals surface area contributed by atoms with Crippen LogP contribution >= 0.6 is 22.7 Å². The maximum atomic E-state index is 5.31. The second kappa shape index (κ2) is 22.2. The molecule has 298 valence electrons. The van der Waals surface area contributed by atoms with E-state index in [1.54, 1.807) is 6.08 Å². The standard InChI is InChI=1S/C45H30N2S2.C3H6.C2H7N.2C2H6/c1-29-37(38-17-5-7-19-41(38)48-29)23-21-36-28-46-45(47-44(36)34-22-24-43-40(27-34)39-18-6-8-20-42(39)49-43)35-16-10-15-33(26-35)32-14-9-13-31(25-32)30-11-3-2-4-12-30;2*1-3-2;2*1-2/h2-28H,1H3;3H,1H2,2H3;3H,1-2H3;2*1-2H3/b23-21-;;;;. The van der Waals surface area contributed by atoms with E-state index in [1.165, 1.54) is 51.8 Å². The van der Waals surface area contributed by atoms with Crippen LogP contribution in [0.1, 0.15) is 50.6 Å². The van der Waals surface area contributed by atoms with Crippen molar-refractivity contribution < 1.29 is 0 Å². The molecule has 0 amide bonds. The minimum atomic E-state index is 0.709. The molecule has 3 aromatic heterocycles. The van der Waals surface area contributed by atoms with Crippen LogP contribution in [0.15, 0.2) is 164 Å². The van der Waals surface area contributed by atoms with Crippen LogP contribution in [0.3, 0.4) is 0 Å². The summed E-state index contributed by atoms with van der Waals surface area (Å²) in [5, 5.41) is 6.56. The molecule has 9 rings (SSSR count). The topological polar surface area (TPSA) is 37.8 Å². The van der Waals surface area contributed by atoms with E-state index in [0.29, 0.717) is 5.82 Å². The van der Waals surface area contributed by atoms with Crippen LogP contribution in [0, 0.1) is 6.92 Å². The molecule has 0 unspecified atom stereocenters. The summed E-state index contributed by atoms with van der Waals surface area (Å²) < 4.78 is 3.88. The van der Waals surface area contributed by atoms with E-state index in [0.717, 1.165) is 33.5 Å². The van der Waals surface area contributed by atoms with Crippen LogP contribution in [0.25, 0.3) is 87.3 Å². The van der Waals surface area contributed by atoms with Gasteiger partial charge in [0.05, 0.1) is 5.69 Å². The van der Waals surface area contributed by atoms with Gasteiger partial charge in [-0.05, 0) is 97.5 Å². The van der Waals surface area contributed by atoms with Gasteiger partial charge in [0, 0.05) is 52.6 Å². The Bertz CT molecular complexity index is 2760. The quantitative estimate of drug-likeness (QED) is 0.170. The van der Waals surface area contributed by atoms with Crippen molar-refractivity contribution in [3.63, 3.8) is 0 Å². The van der Waals surface area contributed by atoms with Gasteiger partial charge in [0.15, 0.2) is 5.82 Å². The molecule has 1 N–H and O–H groups in total. The van der Waals surface area contributed by atoms with Crippen molar-refractivity contribution in [2.45, 2.75) is 41.5 Å². The molecule has 3 nitrogen and oxygen atoms in total. The first kappa shape index (κ1) is 44.1. The molecular formula is C54H55N3S2. The van der Waals surface area contributed by atoms with Crippen LogP contribution in [0.5, 0.6) is 0 Å². The number of allylic oxidation sites excluding steroid dienone is 1. The Hall–Kier alpha value is -5.98. The van der Waals surface area contributed by atoms with E-state index < -0.39 is 0 Å². The lowest BCUT2D eigenvalue weighted by Gasteiger charge is -2.11. The molecule has 0 aliphatic rings. The van der Waals surface area contributed by atoms with Crippen LogP contribution < -0.4 is 5.32 Å². The van der Waals surface area contributed by atoms with Crippen LogP contribution in [0.2, 0.25) is 0 Å². The summed E-state index contributed by atoms with van der Waals surface area (Å²) in [6.45, 7) is 15.4. The number of thiophene rings is 2. The summed E-state index contributed by atoms with van der Waals surface area (Å²) in [4.78, 5) is 11.6. The number of benzene rings is 6. The zero-order valence-electron chi connectivity index (χ0n) is 35.6. The lowest BCUT2D eigenvalue weighted by atomic mass is 9.97. The third kappa shape index (κ3) is 10.6. The number of aryl methyl sites for hydroxylation is 1. The number of rotatable bonds is 6. The summed E-state index contributed by atoms with van der Waals surface area (Å²) in [5.41, 5.74) is 9.93. The van der Waals surface area contributed by atoms with E-state index in [1.807, 2.05) is 77.6 Å². The molecule has 6 aromatic carbocycles. The molecule has 0 saturated heterocycles. The molecule has 0 aliphatic heterocycles. The third-order valence-corrected chi connectivity index (χ3v) is 11.4. The molecule has 0 atom stereocenters. The van der Waals surface area contributed by atoms with E-state index in [9.17, 15) is 0 Å². The number of hydrogen-bond acceptors (Lipinski definition) is 5. The van der Waals surface area contributed by atoms with Crippen LogP contribution in [-0.2, 0) is 0 Å². The van der Waals surface area contributed by atoms with Crippen LogP contribution in [0.4, 0.5) is 0 Å². The average Bonchev–Trinajstić information content (AvgIpc) is 3.84. The zero-order chi connectivity index (χ0) is 42.1. The number of hydrogen-bond donors (Lipinski definition) is 1. The Balaban J connectivity index is 0.000000610. The summed E-state index contributed by atoms with van der Waals surface area (Å²) in [7, 11) is 3.75. The van der Waals surface area contributed by atoms with Crippen molar-refractivity contribution in [1.29, 1.82) is 0 Å². The monoisotopic (exact) mass is 809 g/mol. The number of nitrogens with one attached hydrogen (secondary N) is 1. The fourth-order valence-corrected chi connectivity index (χ4v) is 8.81. The second-order valence-corrected chi connectivity index (χ2v) is 15.5. The van der Waals surface area contributed by atoms with Gasteiger partial charge in [-0.15, -0.1) is 29.3 Å². The van der Waals surface area contributed by atoms with E-state index in [2.05, 4.69) is 177 Å². The summed E-state index contributed by atoms with van der Waals surface area (Å²) in [6.07, 6.45) is 8.15. The van der Waals surface area contributed by atoms with Gasteiger partial charge in [-0.1, -0.05) is 155 Å². The molecule has 0 bridgehead atoms. The lowest BCUT2D eigenvalue weighted by Crippen LogP contribution is -1.96. The molecule has 0 radical (unpaired) electrons. The van der Waals surface area contributed by atoms with Crippen molar-refractivity contribution in [2.75, 3.05) is 14.1 Å².